The molecule has 218 valence electrons. The number of hydrogen-bond acceptors (Lipinski definition) is 6. The zero-order valence-electron chi connectivity index (χ0n) is 23.5. The number of alkyl halides is 3. The van der Waals surface area contributed by atoms with Crippen molar-refractivity contribution in [3.05, 3.63) is 47.8 Å². The van der Waals surface area contributed by atoms with E-state index in [-0.39, 0.29) is 12.8 Å². The van der Waals surface area contributed by atoms with E-state index in [2.05, 4.69) is 15.4 Å². The summed E-state index contributed by atoms with van der Waals surface area (Å²) in [5.41, 5.74) is 2.92. The molecule has 0 aliphatic carbocycles. The molecule has 2 amide bonds. The van der Waals surface area contributed by atoms with Crippen LogP contribution in [-0.4, -0.2) is 56.8 Å². The average molecular weight is 563 g/mol. The van der Waals surface area contributed by atoms with E-state index < -0.39 is 30.6 Å². The van der Waals surface area contributed by atoms with Gasteiger partial charge in [0.2, 0.25) is 5.91 Å². The quantitative estimate of drug-likeness (QED) is 0.385. The first-order valence-corrected chi connectivity index (χ1v) is 13.7. The van der Waals surface area contributed by atoms with E-state index in [9.17, 15) is 22.8 Å². The number of pyridine rings is 1. The van der Waals surface area contributed by atoms with E-state index in [1.807, 2.05) is 39.1 Å². The Morgan fingerprint density at radius 1 is 1.18 bits per heavy atom. The molecule has 0 saturated carbocycles. The number of carbonyl (C=O) groups excluding carboxylic acids is 2. The highest BCUT2D eigenvalue weighted by Crippen LogP contribution is 2.32. The molecule has 3 aromatic rings. The van der Waals surface area contributed by atoms with E-state index in [0.717, 1.165) is 31.6 Å². The standard InChI is InChI=1S/C24H25F3N6O3.2C2H6/c1-14(24(25,26)27)30-19(34)13-32-12-15-5-4-6-18(21(15)23(32)35)31-17-9-16-10-29-33(22(16)28-11-17)20-7-2-3-8-36-20;2*1-2/h4-6,9-11,14,20,31H,2-3,7-8,12-13H2,1H3,(H,30,34);2*1-2H3. The lowest BCUT2D eigenvalue weighted by Gasteiger charge is -2.23. The summed E-state index contributed by atoms with van der Waals surface area (Å²) in [5.74, 6) is -1.30. The van der Waals surface area contributed by atoms with Crippen LogP contribution in [0.5, 0.6) is 0 Å². The predicted molar refractivity (Wildman–Crippen MR) is 147 cm³/mol. The fraction of sp³-hybridized carbons (Fsp3) is 0.500. The molecule has 40 heavy (non-hydrogen) atoms. The Hall–Kier alpha value is -3.67. The van der Waals surface area contributed by atoms with Gasteiger partial charge in [-0.1, -0.05) is 39.8 Å². The van der Waals surface area contributed by atoms with Crippen molar-refractivity contribution < 1.29 is 27.5 Å². The third-order valence-corrected chi connectivity index (χ3v) is 6.36. The van der Waals surface area contributed by atoms with Crippen LogP contribution in [0.1, 0.15) is 76.0 Å². The summed E-state index contributed by atoms with van der Waals surface area (Å²) < 4.78 is 45.8. The fourth-order valence-electron chi connectivity index (χ4n) is 4.49. The van der Waals surface area contributed by atoms with Gasteiger partial charge in [-0.3, -0.25) is 9.59 Å². The molecular weight excluding hydrogens is 525 g/mol. The van der Waals surface area contributed by atoms with Crippen LogP contribution in [-0.2, 0) is 16.1 Å². The Morgan fingerprint density at radius 3 is 2.60 bits per heavy atom. The monoisotopic (exact) mass is 562 g/mol. The SMILES string of the molecule is CC.CC.CC(NC(=O)CN1Cc2cccc(Nc3cnc4c(cnn4C4CCCCO4)c3)c2C1=O)C(F)(F)F. The molecule has 2 aliphatic rings. The molecule has 0 spiro atoms. The molecule has 1 aromatic carbocycles. The normalized spacial score (nSPS) is 17.2. The average Bonchev–Trinajstić information content (AvgIpc) is 3.52. The summed E-state index contributed by atoms with van der Waals surface area (Å²) >= 11 is 0. The number of nitrogens with zero attached hydrogens (tertiary/aromatic N) is 4. The van der Waals surface area contributed by atoms with Gasteiger partial charge in [0.25, 0.3) is 5.91 Å². The number of carbonyl (C=O) groups is 2. The second kappa shape index (κ2) is 13.6. The third-order valence-electron chi connectivity index (χ3n) is 6.36. The van der Waals surface area contributed by atoms with E-state index in [1.54, 1.807) is 35.3 Å². The highest BCUT2D eigenvalue weighted by molar-refractivity contribution is 6.05. The number of amides is 2. The van der Waals surface area contributed by atoms with Gasteiger partial charge < -0.3 is 20.3 Å². The molecule has 2 aromatic heterocycles. The van der Waals surface area contributed by atoms with Crippen molar-refractivity contribution in [3.63, 3.8) is 0 Å². The molecule has 4 heterocycles. The molecule has 2 aliphatic heterocycles. The fourth-order valence-corrected chi connectivity index (χ4v) is 4.49. The Morgan fingerprint density at radius 2 is 1.93 bits per heavy atom. The summed E-state index contributed by atoms with van der Waals surface area (Å²) in [7, 11) is 0. The molecule has 0 radical (unpaired) electrons. The van der Waals surface area contributed by atoms with Crippen molar-refractivity contribution in [2.24, 2.45) is 0 Å². The van der Waals surface area contributed by atoms with E-state index in [1.165, 1.54) is 4.90 Å². The van der Waals surface area contributed by atoms with Crippen LogP contribution in [0.3, 0.4) is 0 Å². The van der Waals surface area contributed by atoms with Gasteiger partial charge in [-0.05, 0) is 43.9 Å². The van der Waals surface area contributed by atoms with Crippen molar-refractivity contribution in [3.8, 4) is 0 Å². The summed E-state index contributed by atoms with van der Waals surface area (Å²) in [6.07, 6.45) is 1.64. The number of hydrogen-bond donors (Lipinski definition) is 2. The molecule has 1 fully saturated rings. The minimum atomic E-state index is -4.56. The predicted octanol–water partition coefficient (Wildman–Crippen LogP) is 5.95. The van der Waals surface area contributed by atoms with Crippen molar-refractivity contribution in [1.29, 1.82) is 0 Å². The number of halogens is 3. The highest BCUT2D eigenvalue weighted by atomic mass is 19.4. The first kappa shape index (κ1) is 30.9. The molecule has 0 bridgehead atoms. The number of aromatic nitrogens is 3. The van der Waals surface area contributed by atoms with Crippen molar-refractivity contribution in [1.82, 2.24) is 25.0 Å². The molecular formula is C28H37F3N6O3. The Balaban J connectivity index is 0.00000106. The Kier molecular flexibility index (Phi) is 10.5. The van der Waals surface area contributed by atoms with Crippen LogP contribution in [0.4, 0.5) is 24.5 Å². The summed E-state index contributed by atoms with van der Waals surface area (Å²) in [6, 6.07) is 5.13. The van der Waals surface area contributed by atoms with Gasteiger partial charge in [0.15, 0.2) is 11.9 Å². The van der Waals surface area contributed by atoms with E-state index >= 15 is 0 Å². The van der Waals surface area contributed by atoms with Gasteiger partial charge in [0.05, 0.1) is 29.3 Å². The molecule has 2 atom stereocenters. The van der Waals surface area contributed by atoms with E-state index in [4.69, 9.17) is 4.74 Å². The van der Waals surface area contributed by atoms with Crippen LogP contribution in [0.2, 0.25) is 0 Å². The number of anilines is 2. The van der Waals surface area contributed by atoms with Crippen molar-refractivity contribution in [2.75, 3.05) is 18.5 Å². The molecule has 5 rings (SSSR count). The maximum Gasteiger partial charge on any atom is 0.408 e. The first-order valence-electron chi connectivity index (χ1n) is 13.7. The highest BCUT2D eigenvalue weighted by Gasteiger charge is 2.38. The van der Waals surface area contributed by atoms with Crippen molar-refractivity contribution in [2.45, 2.75) is 78.9 Å². The summed E-state index contributed by atoms with van der Waals surface area (Å²) in [5, 5.41) is 10.4. The second-order valence-electron chi connectivity index (χ2n) is 9.00. The Labute approximate surface area is 232 Å². The number of nitrogens with one attached hydrogen (secondary N) is 2. The van der Waals surface area contributed by atoms with Crippen LogP contribution in [0, 0.1) is 0 Å². The van der Waals surface area contributed by atoms with Gasteiger partial charge in [-0.15, -0.1) is 0 Å². The van der Waals surface area contributed by atoms with Crippen molar-refractivity contribution >= 4 is 34.2 Å². The van der Waals surface area contributed by atoms with Crippen LogP contribution in [0.15, 0.2) is 36.7 Å². The first-order chi connectivity index (χ1) is 19.2. The smallest absolute Gasteiger partial charge is 0.356 e. The maximum absolute atomic E-state index is 13.1. The topological polar surface area (TPSA) is 101 Å². The number of benzene rings is 1. The summed E-state index contributed by atoms with van der Waals surface area (Å²) in [6.45, 7) is 9.21. The molecule has 12 heteroatoms. The molecule has 9 nitrogen and oxygen atoms in total. The number of ether oxygens (including phenoxy) is 1. The minimum absolute atomic E-state index is 0.128. The van der Waals surface area contributed by atoms with Gasteiger partial charge in [-0.25, -0.2) is 9.67 Å². The lowest BCUT2D eigenvalue weighted by molar-refractivity contribution is -0.158. The third kappa shape index (κ3) is 6.90. The minimum Gasteiger partial charge on any atom is -0.356 e. The van der Waals surface area contributed by atoms with Gasteiger partial charge in [0.1, 0.15) is 12.6 Å². The zero-order valence-corrected chi connectivity index (χ0v) is 23.5. The largest absolute Gasteiger partial charge is 0.408 e. The molecule has 2 N–H and O–H groups in total. The summed E-state index contributed by atoms with van der Waals surface area (Å²) in [4.78, 5) is 31.0. The molecule has 1 saturated heterocycles. The molecule has 2 unspecified atom stereocenters. The second-order valence-corrected chi connectivity index (χ2v) is 9.00. The number of rotatable bonds is 6. The number of fused-ring (bicyclic) bond motifs is 2. The van der Waals surface area contributed by atoms with Crippen LogP contribution >= 0.6 is 0 Å². The van der Waals surface area contributed by atoms with Gasteiger partial charge in [-0.2, -0.15) is 18.3 Å². The van der Waals surface area contributed by atoms with Crippen LogP contribution in [0.25, 0.3) is 11.0 Å². The van der Waals surface area contributed by atoms with Gasteiger partial charge >= 0.3 is 6.18 Å². The zero-order chi connectivity index (χ0) is 29.4. The van der Waals surface area contributed by atoms with Gasteiger partial charge in [0, 0.05) is 18.5 Å². The Bertz CT molecular complexity index is 1300. The maximum atomic E-state index is 13.1. The van der Waals surface area contributed by atoms with E-state index in [0.29, 0.717) is 34.8 Å². The van der Waals surface area contributed by atoms with Crippen LogP contribution < -0.4 is 10.6 Å². The lowest BCUT2D eigenvalue weighted by atomic mass is 10.1. The lowest BCUT2D eigenvalue weighted by Crippen LogP contribution is -2.47.